The molecule has 0 aliphatic rings. The molecular formula is C4H8Na2O4Si. The molecule has 0 saturated heterocycles. The summed E-state index contributed by atoms with van der Waals surface area (Å²) in [5, 5.41) is 8.02. The number of aliphatic carboxylic acids is 1. The first-order valence-corrected chi connectivity index (χ1v) is 5.07. The SMILES string of the molecule is C[Si]([O-])([O-])CCC(=O)O.[Na+].[Na+]. The third-order valence-corrected chi connectivity index (χ3v) is 1.95. The Hall–Kier alpha value is 1.61. The van der Waals surface area contributed by atoms with Crippen LogP contribution < -0.4 is 68.7 Å². The van der Waals surface area contributed by atoms with Crippen LogP contribution in [-0.4, -0.2) is 19.6 Å². The van der Waals surface area contributed by atoms with Gasteiger partial charge in [-0.05, 0) is 0 Å². The van der Waals surface area contributed by atoms with Gasteiger partial charge in [-0.3, -0.25) is 4.79 Å². The smallest absolute Gasteiger partial charge is 0.870 e. The van der Waals surface area contributed by atoms with Gasteiger partial charge in [0.05, 0.1) is 0 Å². The normalized spacial score (nSPS) is 9.36. The van der Waals surface area contributed by atoms with E-state index < -0.39 is 14.5 Å². The molecule has 0 bridgehead atoms. The molecule has 0 aromatic heterocycles. The number of carboxylic acids is 1. The van der Waals surface area contributed by atoms with Crippen LogP contribution in [0.5, 0.6) is 0 Å². The van der Waals surface area contributed by atoms with Crippen LogP contribution in [0.2, 0.25) is 12.6 Å². The average molecular weight is 194 g/mol. The van der Waals surface area contributed by atoms with Gasteiger partial charge in [0.2, 0.25) is 0 Å². The van der Waals surface area contributed by atoms with Crippen molar-refractivity contribution in [2.45, 2.75) is 19.0 Å². The molecule has 1 N–H and O–H groups in total. The fraction of sp³-hybridized carbons (Fsp3) is 0.750. The van der Waals surface area contributed by atoms with E-state index in [-0.39, 0.29) is 71.6 Å². The standard InChI is InChI=1S/C4H8O4Si.2Na/c1-9(7,8)3-2-4(5)6;;/h2-3H2,1H3,(H,5,6);;/q-2;2*+1. The minimum Gasteiger partial charge on any atom is -0.870 e. The van der Waals surface area contributed by atoms with Gasteiger partial charge < -0.3 is 14.7 Å². The van der Waals surface area contributed by atoms with Gasteiger partial charge in [-0.25, -0.2) is 0 Å². The van der Waals surface area contributed by atoms with E-state index in [4.69, 9.17) is 5.11 Å². The van der Waals surface area contributed by atoms with E-state index in [0.717, 1.165) is 6.55 Å². The second kappa shape index (κ2) is 8.22. The molecule has 0 aliphatic carbocycles. The van der Waals surface area contributed by atoms with E-state index in [9.17, 15) is 14.4 Å². The van der Waals surface area contributed by atoms with Crippen molar-refractivity contribution in [2.24, 2.45) is 0 Å². The van der Waals surface area contributed by atoms with Crippen LogP contribution in [0.4, 0.5) is 0 Å². The Bertz CT molecular complexity index is 113. The number of carboxylic acid groups (broad SMARTS) is 1. The third-order valence-electron chi connectivity index (χ3n) is 0.793. The minimum atomic E-state index is -3.60. The summed E-state index contributed by atoms with van der Waals surface area (Å²) < 4.78 is 0. The molecule has 0 aromatic rings. The van der Waals surface area contributed by atoms with Crippen molar-refractivity contribution in [3.8, 4) is 0 Å². The second-order valence-corrected chi connectivity index (χ2v) is 4.80. The van der Waals surface area contributed by atoms with Crippen LogP contribution >= 0.6 is 0 Å². The quantitative estimate of drug-likeness (QED) is 0.452. The zero-order valence-electron chi connectivity index (χ0n) is 7.09. The maximum atomic E-state index is 10.3. The van der Waals surface area contributed by atoms with Gasteiger partial charge in [-0.2, -0.15) is 8.56 Å². The molecule has 4 nitrogen and oxygen atoms in total. The number of hydrogen-bond donors (Lipinski definition) is 1. The molecule has 54 valence electrons. The minimum absolute atomic E-state index is 0. The van der Waals surface area contributed by atoms with E-state index in [1.807, 2.05) is 0 Å². The van der Waals surface area contributed by atoms with Crippen LogP contribution in [0.15, 0.2) is 0 Å². The van der Waals surface area contributed by atoms with Crippen molar-refractivity contribution < 1.29 is 78.6 Å². The summed E-state index contributed by atoms with van der Waals surface area (Å²) in [6.07, 6.45) is -0.282. The van der Waals surface area contributed by atoms with Gasteiger partial charge in [0.15, 0.2) is 0 Å². The van der Waals surface area contributed by atoms with Crippen LogP contribution in [0.25, 0.3) is 0 Å². The van der Waals surface area contributed by atoms with Gasteiger partial charge >= 0.3 is 65.1 Å². The van der Waals surface area contributed by atoms with Crippen LogP contribution in [0.3, 0.4) is 0 Å². The van der Waals surface area contributed by atoms with E-state index in [1.165, 1.54) is 0 Å². The summed E-state index contributed by atoms with van der Waals surface area (Å²) in [7, 11) is -3.60. The third kappa shape index (κ3) is 18.5. The Morgan fingerprint density at radius 2 is 1.82 bits per heavy atom. The Morgan fingerprint density at radius 1 is 1.45 bits per heavy atom. The summed E-state index contributed by atoms with van der Waals surface area (Å²) in [6, 6.07) is -0.220. The molecule has 0 heterocycles. The molecule has 0 amide bonds. The second-order valence-electron chi connectivity index (χ2n) is 2.03. The largest absolute Gasteiger partial charge is 1.00 e. The van der Waals surface area contributed by atoms with Gasteiger partial charge in [-0.1, -0.05) is 12.6 Å². The Labute approximate surface area is 111 Å². The van der Waals surface area contributed by atoms with Crippen molar-refractivity contribution in [2.75, 3.05) is 0 Å². The molecule has 0 atom stereocenters. The molecular weight excluding hydrogens is 186 g/mol. The molecule has 7 heteroatoms. The zero-order chi connectivity index (χ0) is 7.49. The predicted molar refractivity (Wildman–Crippen MR) is 28.7 cm³/mol. The fourth-order valence-corrected chi connectivity index (χ4v) is 1.00. The summed E-state index contributed by atoms with van der Waals surface area (Å²) in [4.78, 5) is 30.4. The van der Waals surface area contributed by atoms with E-state index in [2.05, 4.69) is 0 Å². The Kier molecular flexibility index (Phi) is 13.7. The topological polar surface area (TPSA) is 83.4 Å². The molecule has 0 aliphatic heterocycles. The van der Waals surface area contributed by atoms with E-state index in [0.29, 0.717) is 0 Å². The Morgan fingerprint density at radius 3 is 1.91 bits per heavy atom. The molecule has 0 spiro atoms. The average Bonchev–Trinajstić information content (AvgIpc) is 1.59. The molecule has 0 aromatic carbocycles. The first-order valence-electron chi connectivity index (χ1n) is 2.54. The van der Waals surface area contributed by atoms with Crippen molar-refractivity contribution >= 4 is 14.5 Å². The van der Waals surface area contributed by atoms with Gasteiger partial charge in [0.1, 0.15) is 0 Å². The molecule has 11 heavy (non-hydrogen) atoms. The Balaban J connectivity index is -0.000000320. The summed E-state index contributed by atoms with van der Waals surface area (Å²) in [6.45, 7) is 1.07. The van der Waals surface area contributed by atoms with Gasteiger partial charge in [0, 0.05) is 6.42 Å². The molecule has 0 saturated carbocycles. The first kappa shape index (κ1) is 18.4. The maximum Gasteiger partial charge on any atom is 1.00 e. The van der Waals surface area contributed by atoms with E-state index >= 15 is 0 Å². The summed E-state index contributed by atoms with van der Waals surface area (Å²) in [5.74, 6) is -1.07. The molecule has 0 fully saturated rings. The van der Waals surface area contributed by atoms with Crippen LogP contribution in [-0.2, 0) is 4.79 Å². The maximum absolute atomic E-state index is 10.3. The molecule has 0 rings (SSSR count). The predicted octanol–water partition coefficient (Wildman–Crippen LogP) is -7.74. The number of rotatable bonds is 3. The first-order chi connectivity index (χ1) is 3.92. The molecule has 0 radical (unpaired) electrons. The van der Waals surface area contributed by atoms with Gasteiger partial charge in [-0.15, -0.1) is 0 Å². The zero-order valence-corrected chi connectivity index (χ0v) is 12.1. The van der Waals surface area contributed by atoms with Crippen LogP contribution in [0.1, 0.15) is 6.42 Å². The van der Waals surface area contributed by atoms with Gasteiger partial charge in [0.25, 0.3) is 0 Å². The van der Waals surface area contributed by atoms with Crippen LogP contribution in [0, 0.1) is 0 Å². The van der Waals surface area contributed by atoms with E-state index in [1.54, 1.807) is 0 Å². The monoisotopic (exact) mass is 194 g/mol. The number of hydrogen-bond acceptors (Lipinski definition) is 3. The van der Waals surface area contributed by atoms with Crippen molar-refractivity contribution in [1.29, 1.82) is 0 Å². The number of carbonyl (C=O) groups is 1. The summed E-state index contributed by atoms with van der Waals surface area (Å²) >= 11 is 0. The summed E-state index contributed by atoms with van der Waals surface area (Å²) in [5.41, 5.74) is 0. The van der Waals surface area contributed by atoms with Crippen molar-refractivity contribution in [1.82, 2.24) is 0 Å². The van der Waals surface area contributed by atoms with Crippen molar-refractivity contribution in [3.63, 3.8) is 0 Å². The fourth-order valence-electron chi connectivity index (χ4n) is 0.334. The molecule has 0 unspecified atom stereocenters. The van der Waals surface area contributed by atoms with Crippen molar-refractivity contribution in [3.05, 3.63) is 0 Å².